The maximum absolute atomic E-state index is 10.2. The molecule has 0 radical (unpaired) electrons. The highest BCUT2D eigenvalue weighted by Gasteiger charge is 2.47. The lowest BCUT2D eigenvalue weighted by Crippen LogP contribution is -2.50. The lowest BCUT2D eigenvalue weighted by atomic mass is 9.60. The molecule has 0 aromatic carbocycles. The molecule has 1 saturated carbocycles. The van der Waals surface area contributed by atoms with E-state index in [1.807, 2.05) is 13.8 Å². The molecule has 0 aliphatic heterocycles. The van der Waals surface area contributed by atoms with Crippen molar-refractivity contribution in [3.05, 3.63) is 0 Å². The monoisotopic (exact) mass is 200 g/mol. The molecule has 0 aromatic rings. The van der Waals surface area contributed by atoms with E-state index in [0.717, 1.165) is 12.8 Å². The maximum atomic E-state index is 10.2. The molecule has 1 fully saturated rings. The molecule has 84 valence electrons. The number of aliphatic hydroxyl groups is 2. The molecule has 2 unspecified atom stereocenters. The van der Waals surface area contributed by atoms with E-state index in [1.165, 1.54) is 6.42 Å². The van der Waals surface area contributed by atoms with Gasteiger partial charge < -0.3 is 10.2 Å². The van der Waals surface area contributed by atoms with E-state index < -0.39 is 5.60 Å². The maximum Gasteiger partial charge on any atom is 0.0669 e. The summed E-state index contributed by atoms with van der Waals surface area (Å²) in [6, 6.07) is 0. The standard InChI is InChI=1S/C12H24O2/c1-9-5-10(2)7-12(6-9,8-13)11(3,4)14/h9-10,13-14H,5-8H2,1-4H3. The lowest BCUT2D eigenvalue weighted by molar-refractivity contribution is -0.122. The summed E-state index contributed by atoms with van der Waals surface area (Å²) >= 11 is 0. The Hall–Kier alpha value is -0.0800. The summed E-state index contributed by atoms with van der Waals surface area (Å²) in [6.45, 7) is 8.19. The molecule has 0 amide bonds. The summed E-state index contributed by atoms with van der Waals surface area (Å²) in [5, 5.41) is 19.7. The van der Waals surface area contributed by atoms with Gasteiger partial charge in [-0.15, -0.1) is 0 Å². The van der Waals surface area contributed by atoms with Gasteiger partial charge in [-0.25, -0.2) is 0 Å². The van der Waals surface area contributed by atoms with Crippen LogP contribution in [0.25, 0.3) is 0 Å². The van der Waals surface area contributed by atoms with Gasteiger partial charge in [-0.3, -0.25) is 0 Å². The fraction of sp³-hybridized carbons (Fsp3) is 1.00. The van der Waals surface area contributed by atoms with Crippen molar-refractivity contribution in [2.45, 2.75) is 52.6 Å². The van der Waals surface area contributed by atoms with Crippen LogP contribution in [0, 0.1) is 17.3 Å². The summed E-state index contributed by atoms with van der Waals surface area (Å²) < 4.78 is 0. The van der Waals surface area contributed by atoms with Crippen molar-refractivity contribution < 1.29 is 10.2 Å². The van der Waals surface area contributed by atoms with E-state index in [-0.39, 0.29) is 12.0 Å². The van der Waals surface area contributed by atoms with Gasteiger partial charge in [0.2, 0.25) is 0 Å². The van der Waals surface area contributed by atoms with Crippen LogP contribution in [0.4, 0.5) is 0 Å². The zero-order valence-corrected chi connectivity index (χ0v) is 9.88. The van der Waals surface area contributed by atoms with Crippen LogP contribution in [-0.4, -0.2) is 22.4 Å². The Morgan fingerprint density at radius 2 is 1.64 bits per heavy atom. The van der Waals surface area contributed by atoms with Gasteiger partial charge in [0.15, 0.2) is 0 Å². The summed E-state index contributed by atoms with van der Waals surface area (Å²) in [7, 11) is 0. The molecule has 2 nitrogen and oxygen atoms in total. The predicted octanol–water partition coefficient (Wildman–Crippen LogP) is 2.19. The average molecular weight is 200 g/mol. The molecule has 0 aromatic heterocycles. The van der Waals surface area contributed by atoms with E-state index in [1.54, 1.807) is 0 Å². The molecule has 0 spiro atoms. The van der Waals surface area contributed by atoms with Crippen molar-refractivity contribution >= 4 is 0 Å². The van der Waals surface area contributed by atoms with E-state index in [2.05, 4.69) is 13.8 Å². The second-order valence-electron chi connectivity index (χ2n) is 5.85. The van der Waals surface area contributed by atoms with E-state index in [0.29, 0.717) is 11.8 Å². The van der Waals surface area contributed by atoms with Gasteiger partial charge >= 0.3 is 0 Å². The van der Waals surface area contributed by atoms with Crippen molar-refractivity contribution in [2.24, 2.45) is 17.3 Å². The Morgan fingerprint density at radius 3 is 1.93 bits per heavy atom. The molecule has 2 atom stereocenters. The van der Waals surface area contributed by atoms with Crippen LogP contribution in [0.3, 0.4) is 0 Å². The summed E-state index contributed by atoms with van der Waals surface area (Å²) in [5.41, 5.74) is -1.06. The van der Waals surface area contributed by atoms with Crippen LogP contribution in [0.1, 0.15) is 47.0 Å². The molecule has 2 N–H and O–H groups in total. The first kappa shape index (κ1) is 12.0. The van der Waals surface area contributed by atoms with Crippen molar-refractivity contribution in [3.8, 4) is 0 Å². The van der Waals surface area contributed by atoms with Crippen molar-refractivity contribution in [3.63, 3.8) is 0 Å². The highest BCUT2D eigenvalue weighted by atomic mass is 16.3. The van der Waals surface area contributed by atoms with Crippen LogP contribution in [0.5, 0.6) is 0 Å². The summed E-state index contributed by atoms with van der Waals surface area (Å²) in [5.74, 6) is 1.22. The van der Waals surface area contributed by atoms with Gasteiger partial charge in [-0.05, 0) is 44.9 Å². The summed E-state index contributed by atoms with van der Waals surface area (Å²) in [6.07, 6.45) is 3.10. The van der Waals surface area contributed by atoms with Crippen LogP contribution in [-0.2, 0) is 0 Å². The first-order valence-electron chi connectivity index (χ1n) is 5.64. The first-order valence-corrected chi connectivity index (χ1v) is 5.64. The minimum Gasteiger partial charge on any atom is -0.396 e. The summed E-state index contributed by atoms with van der Waals surface area (Å²) in [4.78, 5) is 0. The Kier molecular flexibility index (Phi) is 3.27. The van der Waals surface area contributed by atoms with Crippen LogP contribution < -0.4 is 0 Å². The fourth-order valence-electron chi connectivity index (χ4n) is 3.09. The SMILES string of the molecule is CC1CC(C)CC(CO)(C(C)(C)O)C1. The van der Waals surface area contributed by atoms with Crippen molar-refractivity contribution in [2.75, 3.05) is 6.61 Å². The average Bonchev–Trinajstić information content (AvgIpc) is 2.00. The molecule has 2 heteroatoms. The third-order valence-electron chi connectivity index (χ3n) is 3.88. The molecule has 1 rings (SSSR count). The fourth-order valence-corrected chi connectivity index (χ4v) is 3.09. The Morgan fingerprint density at radius 1 is 1.21 bits per heavy atom. The molecule has 0 heterocycles. The molecule has 1 aliphatic carbocycles. The van der Waals surface area contributed by atoms with Crippen LogP contribution in [0.2, 0.25) is 0 Å². The molecular formula is C12H24O2. The van der Waals surface area contributed by atoms with Crippen molar-refractivity contribution in [1.29, 1.82) is 0 Å². The van der Waals surface area contributed by atoms with Crippen LogP contribution in [0.15, 0.2) is 0 Å². The number of aliphatic hydroxyl groups excluding tert-OH is 1. The van der Waals surface area contributed by atoms with Gasteiger partial charge in [0.05, 0.1) is 12.2 Å². The van der Waals surface area contributed by atoms with E-state index in [9.17, 15) is 10.2 Å². The number of rotatable bonds is 2. The van der Waals surface area contributed by atoms with Gasteiger partial charge in [-0.1, -0.05) is 13.8 Å². The number of hydrogen-bond acceptors (Lipinski definition) is 2. The highest BCUT2D eigenvalue weighted by Crippen LogP contribution is 2.48. The Labute approximate surface area is 87.3 Å². The first-order chi connectivity index (χ1) is 6.31. The quantitative estimate of drug-likeness (QED) is 0.717. The molecule has 0 bridgehead atoms. The van der Waals surface area contributed by atoms with Gasteiger partial charge in [0.25, 0.3) is 0 Å². The van der Waals surface area contributed by atoms with E-state index in [4.69, 9.17) is 0 Å². The van der Waals surface area contributed by atoms with Gasteiger partial charge in [0, 0.05) is 5.41 Å². The Balaban J connectivity index is 2.88. The third kappa shape index (κ3) is 2.12. The largest absolute Gasteiger partial charge is 0.396 e. The lowest BCUT2D eigenvalue weighted by Gasteiger charge is -2.49. The van der Waals surface area contributed by atoms with Gasteiger partial charge in [-0.2, -0.15) is 0 Å². The topological polar surface area (TPSA) is 40.5 Å². The Bertz CT molecular complexity index is 183. The zero-order chi connectivity index (χ0) is 11.0. The minimum atomic E-state index is -0.773. The second kappa shape index (κ2) is 3.82. The highest BCUT2D eigenvalue weighted by molar-refractivity contribution is 4.97. The molecule has 0 saturated heterocycles. The zero-order valence-electron chi connectivity index (χ0n) is 9.88. The molecule has 14 heavy (non-hydrogen) atoms. The molecular weight excluding hydrogens is 176 g/mol. The van der Waals surface area contributed by atoms with Crippen molar-refractivity contribution in [1.82, 2.24) is 0 Å². The van der Waals surface area contributed by atoms with Gasteiger partial charge in [0.1, 0.15) is 0 Å². The third-order valence-corrected chi connectivity index (χ3v) is 3.88. The second-order valence-corrected chi connectivity index (χ2v) is 5.85. The number of hydrogen-bond donors (Lipinski definition) is 2. The van der Waals surface area contributed by atoms with E-state index >= 15 is 0 Å². The van der Waals surface area contributed by atoms with Crippen LogP contribution >= 0.6 is 0 Å². The molecule has 1 aliphatic rings. The predicted molar refractivity (Wildman–Crippen MR) is 58.0 cm³/mol. The normalized spacial score (nSPS) is 39.9. The minimum absolute atomic E-state index is 0.102. The smallest absolute Gasteiger partial charge is 0.0669 e.